The summed E-state index contributed by atoms with van der Waals surface area (Å²) in [5.74, 6) is -3.74. The molecule has 134 heavy (non-hydrogen) atoms. The summed E-state index contributed by atoms with van der Waals surface area (Å²) in [5, 5.41) is -1.17. The number of hydrogen-bond acceptors (Lipinski definition) is 44. The van der Waals surface area contributed by atoms with Gasteiger partial charge in [-0.15, -0.1) is 4.86 Å². The summed E-state index contributed by atoms with van der Waals surface area (Å²) in [6.07, 6.45) is -3.90. The topological polar surface area (TPSA) is 794 Å². The van der Waals surface area contributed by atoms with Gasteiger partial charge in [-0.3, -0.25) is 98.2 Å². The van der Waals surface area contributed by atoms with Gasteiger partial charge in [0.15, 0.2) is 26.9 Å². The van der Waals surface area contributed by atoms with E-state index in [2.05, 4.69) is 62.5 Å². The fourth-order valence-corrected chi connectivity index (χ4v) is 21.0. The van der Waals surface area contributed by atoms with Gasteiger partial charge in [0.25, 0.3) is 16.7 Å². The van der Waals surface area contributed by atoms with E-state index in [9.17, 15) is 126 Å². The van der Waals surface area contributed by atoms with Crippen LogP contribution in [0.15, 0.2) is 62.7 Å². The Labute approximate surface area is 763 Å². The van der Waals surface area contributed by atoms with Crippen molar-refractivity contribution in [3.05, 3.63) is 129 Å². The summed E-state index contributed by atoms with van der Waals surface area (Å²) in [7, 11) is -50.1. The van der Waals surface area contributed by atoms with Crippen molar-refractivity contribution in [2.24, 2.45) is 42.4 Å². The molecule has 0 aromatic carbocycles. The first-order valence-electron chi connectivity index (χ1n) is 37.6. The van der Waals surface area contributed by atoms with Crippen LogP contribution in [0.1, 0.15) is 158 Å². The van der Waals surface area contributed by atoms with Crippen molar-refractivity contribution in [2.75, 3.05) is 59.4 Å². The summed E-state index contributed by atoms with van der Waals surface area (Å²) >= 11 is 0.597. The quantitative estimate of drug-likeness (QED) is 0.00472. The maximum atomic E-state index is 14.6. The number of azide groups is 3. The highest BCUT2D eigenvalue weighted by molar-refractivity contribution is 8.13. The second-order valence-corrected chi connectivity index (χ2v) is 47.9. The third-order valence-electron chi connectivity index (χ3n) is 16.9. The van der Waals surface area contributed by atoms with Crippen molar-refractivity contribution >= 4 is 117 Å². The van der Waals surface area contributed by atoms with E-state index in [-0.39, 0.29) is 41.7 Å². The molecule has 0 radical (unpaired) electrons. The van der Waals surface area contributed by atoms with Gasteiger partial charge in [0.05, 0.1) is 99.7 Å². The minimum atomic E-state index is -6.85. The number of carbonyl (C=O) groups is 5. The van der Waals surface area contributed by atoms with Gasteiger partial charge >= 0.3 is 67.2 Å². The molecule has 0 saturated carbocycles. The highest BCUT2D eigenvalue weighted by Crippen LogP contribution is 2.77. The molecule has 56 nitrogen and oxygen atoms in total. The van der Waals surface area contributed by atoms with Crippen molar-refractivity contribution in [1.29, 1.82) is 0 Å². The average Bonchev–Trinajstić information content (AvgIpc) is 1.11. The van der Waals surface area contributed by atoms with Gasteiger partial charge in [-0.25, -0.2) is 23.5 Å². The molecule has 16 atom stereocenters. The number of aryl methyl sites for hydroxylation is 3. The zero-order chi connectivity index (χ0) is 103. The van der Waals surface area contributed by atoms with Crippen molar-refractivity contribution in [3.63, 3.8) is 0 Å². The summed E-state index contributed by atoms with van der Waals surface area (Å²) in [6, 6.07) is -3.19. The highest BCUT2D eigenvalue weighted by Gasteiger charge is 2.57. The number of H-pyrrole nitrogens is 3. The van der Waals surface area contributed by atoms with Crippen LogP contribution in [-0.4, -0.2) is 179 Å². The first-order chi connectivity index (χ1) is 60.9. The summed E-state index contributed by atoms with van der Waals surface area (Å²) in [6.45, 7) is 19.0. The molecule has 0 bridgehead atoms. The Morgan fingerprint density at radius 2 is 0.709 bits per heavy atom. The number of rotatable bonds is 41. The van der Waals surface area contributed by atoms with Crippen LogP contribution < -0.4 is 58.2 Å². The predicted octanol–water partition coefficient (Wildman–Crippen LogP) is 6.16. The van der Waals surface area contributed by atoms with Crippen LogP contribution in [-0.2, 0) is 138 Å². The van der Waals surface area contributed by atoms with Crippen molar-refractivity contribution in [2.45, 2.75) is 210 Å². The third kappa shape index (κ3) is 34.4. The molecular formula is C63H100B2F4N16O40P8S-6. The Kier molecular flexibility index (Phi) is 42.0. The summed E-state index contributed by atoms with van der Waals surface area (Å²) < 4.78 is 247. The number of esters is 4. The highest BCUT2D eigenvalue weighted by atomic mass is 32.2. The lowest BCUT2D eigenvalue weighted by atomic mass is 9.98. The number of hydrogen-bond donors (Lipinski definition) is 4. The SMILES string of the molecule is Cc1cn([C@H]2C[C@@H](N=[N+]=[N-])[C@@H](COP(=O)(NP(=O)(OCOC(=O)C(C)(C)C)OCOC(=O)C(C)(C)C)OCOC(=O)C(C)(C)C)O2)c(=O)[nH]c1=O.[BH3-]P(=O)(OC[C@H]1O[C@@H](n2cc(C)c(=O)[nH]c2=O)C[C@H]1N=[N+]=[N-])OP(=O)([O-])C(F)(F)P(=O)([O-])OCCSC(=O)C(C)(C)C.[BH3-]P(=O)(OC[C@H]1O[C@@H](n2cc(C)c(=O)[nH]c2=O)C[C@H]1N=[N+]=[N-])OP(=O)([O-])C(F)(F)P(=O)([O-])OCOC(=O)C(C)(C)C. The van der Waals surface area contributed by atoms with E-state index in [1.165, 1.54) is 74.7 Å². The Morgan fingerprint density at radius 3 is 0.978 bits per heavy atom. The number of aromatic amines is 3. The molecule has 6 heterocycles. The zero-order valence-electron chi connectivity index (χ0n) is 73.1. The fourth-order valence-electron chi connectivity index (χ4n) is 9.60. The number of thioether (sulfide) groups is 1. The van der Waals surface area contributed by atoms with E-state index >= 15 is 0 Å². The minimum Gasteiger partial charge on any atom is -0.774 e. The van der Waals surface area contributed by atoms with E-state index < -0.39 is 285 Å². The number of nitrogens with zero attached hydrogens (tertiary/aromatic N) is 12. The molecule has 0 aliphatic carbocycles. The fraction of sp³-hybridized carbons (Fsp3) is 0.730. The zero-order valence-corrected chi connectivity index (χ0v) is 81.1. The Morgan fingerprint density at radius 1 is 0.448 bits per heavy atom. The van der Waals surface area contributed by atoms with Gasteiger partial charge in [-0.2, -0.15) is 17.6 Å². The number of ether oxygens (including phenoxy) is 7. The minimum absolute atomic E-state index is 0.0890. The lowest BCUT2D eigenvalue weighted by Crippen LogP contribution is -2.33. The Hall–Kier alpha value is -7.16. The Balaban J connectivity index is 0.000000423. The van der Waals surface area contributed by atoms with E-state index in [4.69, 9.17) is 72.2 Å². The lowest BCUT2D eigenvalue weighted by molar-refractivity contribution is -0.238. The predicted molar refractivity (Wildman–Crippen MR) is 455 cm³/mol. The first kappa shape index (κ1) is 119. The van der Waals surface area contributed by atoms with Gasteiger partial charge in [0.2, 0.25) is 50.8 Å². The van der Waals surface area contributed by atoms with Gasteiger partial charge < -0.3 is 93.7 Å². The monoisotopic (exact) mass is 2100 g/mol. The van der Waals surface area contributed by atoms with Crippen LogP contribution >= 0.6 is 72.6 Å². The summed E-state index contributed by atoms with van der Waals surface area (Å²) in [4.78, 5) is 197. The van der Waals surface area contributed by atoms with Gasteiger partial charge in [0, 0.05) is 80.4 Å². The molecule has 3 saturated heterocycles. The molecular weight excluding hydrogens is 2000 g/mol. The third-order valence-corrected chi connectivity index (χ3v) is 32.0. The number of aromatic nitrogens is 6. The first-order valence-corrected chi connectivity index (χ1v) is 50.1. The van der Waals surface area contributed by atoms with E-state index in [0.29, 0.717) is 11.8 Å². The molecule has 71 heteroatoms. The molecule has 3 fully saturated rings. The number of carbonyl (C=O) groups excluding carboxylic acids is 5. The van der Waals surface area contributed by atoms with Crippen molar-refractivity contribution in [3.8, 4) is 0 Å². The van der Waals surface area contributed by atoms with Gasteiger partial charge in [-0.1, -0.05) is 47.9 Å². The van der Waals surface area contributed by atoms with E-state index in [0.717, 1.165) is 19.9 Å². The largest absolute Gasteiger partial charge is 0.774 e. The van der Waals surface area contributed by atoms with Crippen LogP contribution in [0.25, 0.3) is 31.3 Å². The number of alkyl halides is 4. The van der Waals surface area contributed by atoms with Crippen LogP contribution in [0.4, 0.5) is 17.6 Å². The second kappa shape index (κ2) is 47.2. The van der Waals surface area contributed by atoms with E-state index in [1.54, 1.807) is 62.3 Å². The molecule has 3 aromatic rings. The van der Waals surface area contributed by atoms with Crippen LogP contribution in [0, 0.1) is 47.8 Å². The maximum Gasteiger partial charge on any atom is 0.420 e. The average molecular weight is 2100 g/mol. The number of nitrogens with one attached hydrogen (secondary N) is 4. The van der Waals surface area contributed by atoms with Crippen molar-refractivity contribution < 1.29 is 176 Å². The standard InChI is InChI=1S/C28H46N6O15P2.C18H30BF2N5O12P3S.C17H28BF2N5O13P3/c1-17-12-34(25(39)30-21(17)35)20-11-18(31-32-29)19(49-20)13-45-50(40,46-14-42-22(36)26(2,3)4)33-51(41,47-15-43-23(37)27(5,6)7)48-16-44-24(38)28(8,9)10;1-10-8-26(16(29)23-14(10)27)13-7-11(24-25-22)12(37-13)9-36-41(19,34)38-40(32,33)18(20,21)39(30,31)35-5-6-42-15(28)17(2,3)4;1-9-6-25(15(28)22-13(9)26)12-5-10(23-24-21)11(37-12)7-35-41(18,33)38-40(31,32)17(19,20)39(29,30)36-8-34-14(27)16(2,3)4/h12,18-20H,11,13-16H2,1-10H3,(H,30,35,39)(H,33,40,41);8,11-13H,5-7,9H2,1-4,19H3,(H,30,31)(H,32,33)(H,23,27,29);6,10-12H,5,7-8H2,1-4,18H3,(H,29,30)(H,31,32)(H,22,26,28)/q;2*-1/p-4/t18-,19-,20-,50?;11-,12-,13-,41?;10-,11-,12-,41?/m111/s1. The lowest BCUT2D eigenvalue weighted by Gasteiger charge is -2.40. The summed E-state index contributed by atoms with van der Waals surface area (Å²) in [5.41, 5.74) is 17.8. The van der Waals surface area contributed by atoms with E-state index in [1.807, 2.05) is 9.84 Å². The normalized spacial score (nSPS) is 22.2. The van der Waals surface area contributed by atoms with Gasteiger partial charge in [0.1, 0.15) is 18.7 Å². The van der Waals surface area contributed by atoms with Gasteiger partial charge in [-0.05, 0) is 120 Å². The molecule has 3 aromatic heterocycles. The maximum absolute atomic E-state index is 14.6. The second-order valence-electron chi connectivity index (χ2n) is 32.9. The molecule has 3 aliphatic heterocycles. The van der Waals surface area contributed by atoms with Crippen LogP contribution in [0.5, 0.6) is 0 Å². The molecule has 0 spiro atoms. The molecule has 4 N–H and O–H groups in total. The molecule has 3 aliphatic rings. The molecule has 758 valence electrons. The molecule has 6 rings (SSSR count). The number of halogens is 4. The molecule has 0 amide bonds. The van der Waals surface area contributed by atoms with Crippen molar-refractivity contribution in [1.82, 2.24) is 33.5 Å². The smallest absolute Gasteiger partial charge is 0.420 e. The van der Waals surface area contributed by atoms with Crippen LogP contribution in [0.3, 0.4) is 0 Å². The molecule has 7 unspecified atom stereocenters. The Bertz CT molecular complexity index is 5710. The van der Waals surface area contributed by atoms with Crippen LogP contribution in [0.2, 0.25) is 0 Å².